The Morgan fingerprint density at radius 1 is 0.861 bits per heavy atom. The number of ketones is 1. The van der Waals surface area contributed by atoms with Crippen molar-refractivity contribution < 1.29 is 23.4 Å². The summed E-state index contributed by atoms with van der Waals surface area (Å²) in [5.74, 6) is 0.0245. The largest absolute Gasteiger partial charge is 0.493 e. The number of nitrogens with one attached hydrogen (secondary N) is 3. The second kappa shape index (κ2) is 9.03. The van der Waals surface area contributed by atoms with Gasteiger partial charge in [0.1, 0.15) is 11.6 Å². The van der Waals surface area contributed by atoms with Gasteiger partial charge in [-0.05, 0) is 47.7 Å². The summed E-state index contributed by atoms with van der Waals surface area (Å²) >= 11 is 0. The normalized spacial score (nSPS) is 18.7. The van der Waals surface area contributed by atoms with Crippen LogP contribution in [-0.2, 0) is 4.79 Å². The summed E-state index contributed by atoms with van der Waals surface area (Å²) in [4.78, 5) is 43.4. The van der Waals surface area contributed by atoms with Gasteiger partial charge in [0, 0.05) is 23.6 Å². The van der Waals surface area contributed by atoms with Crippen LogP contribution in [0, 0.1) is 5.82 Å². The van der Waals surface area contributed by atoms with Crippen LogP contribution in [0.2, 0.25) is 0 Å². The van der Waals surface area contributed by atoms with Gasteiger partial charge in [-0.15, -0.1) is 0 Å². The zero-order chi connectivity index (χ0) is 25.6. The Labute approximate surface area is 204 Å². The number of benzene rings is 2. The third-order valence-electron chi connectivity index (χ3n) is 6.70. The van der Waals surface area contributed by atoms with Crippen LogP contribution in [-0.4, -0.2) is 37.1 Å². The molecule has 2 heterocycles. The molecule has 1 aliphatic carbocycles. The molecule has 2 aliphatic rings. The Hall–Kier alpha value is -4.34. The standard InChI is InChI=1S/C26H24FN3O6/c1-34-18-10-14(11-19(35-2)23(18)36-3)13-8-16-21(17(31)9-13)20(12-4-6-15(27)7-5-12)22-24(28-16)29-26(33)30-25(22)32/h4-7,10-11,13,20H,8-9H2,1-3H3,(H3,28,29,30,32,33)/t13-,20-/m1/s1. The van der Waals surface area contributed by atoms with Crippen molar-refractivity contribution in [1.82, 2.24) is 9.97 Å². The summed E-state index contributed by atoms with van der Waals surface area (Å²) in [6.45, 7) is 0. The molecule has 0 spiro atoms. The lowest BCUT2D eigenvalue weighted by Gasteiger charge is -2.35. The molecule has 9 nitrogen and oxygen atoms in total. The van der Waals surface area contributed by atoms with Gasteiger partial charge in [-0.25, -0.2) is 9.18 Å². The third-order valence-corrected chi connectivity index (χ3v) is 6.70. The fourth-order valence-electron chi connectivity index (χ4n) is 5.11. The number of fused-ring (bicyclic) bond motifs is 1. The van der Waals surface area contributed by atoms with Crippen molar-refractivity contribution >= 4 is 11.6 Å². The average Bonchev–Trinajstić information content (AvgIpc) is 2.86. The van der Waals surface area contributed by atoms with E-state index in [-0.39, 0.29) is 29.5 Å². The molecule has 2 atom stereocenters. The number of rotatable bonds is 5. The minimum absolute atomic E-state index is 0.159. The number of H-pyrrole nitrogens is 2. The van der Waals surface area contributed by atoms with Crippen LogP contribution in [0.3, 0.4) is 0 Å². The molecular formula is C26H24FN3O6. The summed E-state index contributed by atoms with van der Waals surface area (Å²) < 4.78 is 30.0. The molecule has 186 valence electrons. The van der Waals surface area contributed by atoms with Crippen LogP contribution in [0.4, 0.5) is 10.2 Å². The van der Waals surface area contributed by atoms with Crippen LogP contribution in [0.25, 0.3) is 0 Å². The van der Waals surface area contributed by atoms with Crippen LogP contribution in [0.1, 0.15) is 41.4 Å². The Balaban J connectivity index is 1.64. The van der Waals surface area contributed by atoms with E-state index in [0.717, 1.165) is 5.56 Å². The number of halogens is 1. The third kappa shape index (κ3) is 3.84. The monoisotopic (exact) mass is 493 g/mol. The van der Waals surface area contributed by atoms with Gasteiger partial charge in [0.15, 0.2) is 17.3 Å². The first kappa shape index (κ1) is 23.4. The zero-order valence-electron chi connectivity index (χ0n) is 19.9. The van der Waals surface area contributed by atoms with Crippen LogP contribution < -0.4 is 30.8 Å². The van der Waals surface area contributed by atoms with Gasteiger partial charge in [0.05, 0.1) is 26.9 Å². The van der Waals surface area contributed by atoms with Crippen molar-refractivity contribution in [2.24, 2.45) is 0 Å². The Morgan fingerprint density at radius 3 is 2.14 bits per heavy atom. The summed E-state index contributed by atoms with van der Waals surface area (Å²) in [7, 11) is 4.56. The maximum Gasteiger partial charge on any atom is 0.327 e. The van der Waals surface area contributed by atoms with E-state index in [1.807, 2.05) is 12.1 Å². The molecule has 0 radical (unpaired) electrons. The lowest BCUT2D eigenvalue weighted by Crippen LogP contribution is -2.37. The molecular weight excluding hydrogens is 469 g/mol. The summed E-state index contributed by atoms with van der Waals surface area (Å²) in [5.41, 5.74) is 1.33. The molecule has 1 aliphatic heterocycles. The van der Waals surface area contributed by atoms with Crippen molar-refractivity contribution in [3.63, 3.8) is 0 Å². The second-order valence-corrected chi connectivity index (χ2v) is 8.69. The number of Topliss-reactive ketones (excluding diaryl/α,β-unsaturated/α-hetero) is 1. The van der Waals surface area contributed by atoms with E-state index in [1.165, 1.54) is 33.5 Å². The quantitative estimate of drug-likeness (QED) is 0.499. The first-order valence-electron chi connectivity index (χ1n) is 11.3. The number of hydrogen-bond acceptors (Lipinski definition) is 7. The highest BCUT2D eigenvalue weighted by Gasteiger charge is 2.40. The fourth-order valence-corrected chi connectivity index (χ4v) is 5.11. The second-order valence-electron chi connectivity index (χ2n) is 8.69. The molecule has 0 saturated heterocycles. The molecule has 0 unspecified atom stereocenters. The first-order valence-corrected chi connectivity index (χ1v) is 11.3. The summed E-state index contributed by atoms with van der Waals surface area (Å²) in [6, 6.07) is 9.27. The number of aromatic amines is 2. The molecule has 0 amide bonds. The van der Waals surface area contributed by atoms with Gasteiger partial charge in [0.2, 0.25) is 5.75 Å². The SMILES string of the molecule is COc1cc([C@H]2CC(=O)C3=C(C2)Nc2[nH]c(=O)[nH]c(=O)c2[C@@H]3c2ccc(F)cc2)cc(OC)c1OC. The number of allylic oxidation sites excluding steroid dienone is 2. The predicted octanol–water partition coefficient (Wildman–Crippen LogP) is 3.19. The van der Waals surface area contributed by atoms with Gasteiger partial charge in [0.25, 0.3) is 5.56 Å². The molecule has 3 aromatic rings. The maximum absolute atomic E-state index is 13.7. The first-order chi connectivity index (χ1) is 17.3. The highest BCUT2D eigenvalue weighted by molar-refractivity contribution is 6.01. The van der Waals surface area contributed by atoms with Gasteiger partial charge in [-0.3, -0.25) is 19.6 Å². The van der Waals surface area contributed by atoms with Crippen molar-refractivity contribution in [2.45, 2.75) is 24.7 Å². The highest BCUT2D eigenvalue weighted by Crippen LogP contribution is 2.48. The summed E-state index contributed by atoms with van der Waals surface area (Å²) in [6.07, 6.45) is 0.596. The van der Waals surface area contributed by atoms with Gasteiger partial charge in [-0.1, -0.05) is 12.1 Å². The number of carbonyl (C=O) groups excluding carboxylic acids is 1. The molecule has 3 N–H and O–H groups in total. The van der Waals surface area contributed by atoms with E-state index in [1.54, 1.807) is 12.1 Å². The smallest absolute Gasteiger partial charge is 0.327 e. The van der Waals surface area contributed by atoms with Crippen LogP contribution >= 0.6 is 0 Å². The number of methoxy groups -OCH3 is 3. The number of aromatic nitrogens is 2. The molecule has 1 aromatic heterocycles. The Morgan fingerprint density at radius 2 is 1.53 bits per heavy atom. The molecule has 0 bridgehead atoms. The number of ether oxygens (including phenoxy) is 3. The average molecular weight is 493 g/mol. The molecule has 36 heavy (non-hydrogen) atoms. The predicted molar refractivity (Wildman–Crippen MR) is 130 cm³/mol. The zero-order valence-corrected chi connectivity index (χ0v) is 19.9. The summed E-state index contributed by atoms with van der Waals surface area (Å²) in [5, 5.41) is 3.12. The number of anilines is 1. The molecule has 0 saturated carbocycles. The lowest BCUT2D eigenvalue weighted by molar-refractivity contribution is -0.116. The van der Waals surface area contributed by atoms with Crippen LogP contribution in [0.15, 0.2) is 57.3 Å². The van der Waals surface area contributed by atoms with E-state index >= 15 is 0 Å². The van der Waals surface area contributed by atoms with Crippen molar-refractivity contribution in [1.29, 1.82) is 0 Å². The fraction of sp³-hybridized carbons (Fsp3) is 0.269. The van der Waals surface area contributed by atoms with Gasteiger partial charge >= 0.3 is 5.69 Å². The van der Waals surface area contributed by atoms with Crippen molar-refractivity contribution in [3.05, 3.63) is 91.0 Å². The maximum atomic E-state index is 13.7. The van der Waals surface area contributed by atoms with Crippen molar-refractivity contribution in [2.75, 3.05) is 26.6 Å². The van der Waals surface area contributed by atoms with E-state index in [4.69, 9.17) is 14.2 Å². The molecule has 0 fully saturated rings. The molecule has 5 rings (SSSR count). The van der Waals surface area contributed by atoms with Gasteiger partial charge < -0.3 is 19.5 Å². The van der Waals surface area contributed by atoms with E-state index in [9.17, 15) is 18.8 Å². The topological polar surface area (TPSA) is 123 Å². The lowest BCUT2D eigenvalue weighted by atomic mass is 9.72. The van der Waals surface area contributed by atoms with Gasteiger partial charge in [-0.2, -0.15) is 0 Å². The highest BCUT2D eigenvalue weighted by atomic mass is 19.1. The van der Waals surface area contributed by atoms with E-state index in [0.29, 0.717) is 40.5 Å². The molecule has 10 heteroatoms. The Bertz CT molecular complexity index is 1480. The van der Waals surface area contributed by atoms with Crippen molar-refractivity contribution in [3.8, 4) is 17.2 Å². The number of carbonyl (C=O) groups is 1. The Kier molecular flexibility index (Phi) is 5.87. The van der Waals surface area contributed by atoms with E-state index in [2.05, 4.69) is 15.3 Å². The molecule has 2 aromatic carbocycles. The number of hydrogen-bond donors (Lipinski definition) is 3. The minimum Gasteiger partial charge on any atom is -0.493 e. The van der Waals surface area contributed by atoms with Crippen LogP contribution in [0.5, 0.6) is 17.2 Å². The minimum atomic E-state index is -0.758. The van der Waals surface area contributed by atoms with E-state index < -0.39 is 23.0 Å².